The maximum absolute atomic E-state index is 12.0. The average Bonchev–Trinajstić information content (AvgIpc) is 3.31. The number of aromatic nitrogens is 4. The van der Waals surface area contributed by atoms with Crippen LogP contribution >= 0.6 is 23.2 Å². The first-order valence-corrected chi connectivity index (χ1v) is 11.9. The number of fused-ring (bicyclic) bond motifs is 1. The number of rotatable bonds is 3. The lowest BCUT2D eigenvalue weighted by Gasteiger charge is -2.41. The highest BCUT2D eigenvalue weighted by atomic mass is 35.5. The highest BCUT2D eigenvalue weighted by Crippen LogP contribution is 2.46. The van der Waals surface area contributed by atoms with Gasteiger partial charge in [-0.25, -0.2) is 18.4 Å². The molecule has 158 valence electrons. The molecule has 1 spiro atoms. The van der Waals surface area contributed by atoms with Gasteiger partial charge in [0.2, 0.25) is 10.0 Å². The number of halogens is 2. The van der Waals surface area contributed by atoms with E-state index in [0.29, 0.717) is 31.0 Å². The molecule has 0 atom stereocenters. The maximum Gasteiger partial charge on any atom is 0.211 e. The third-order valence-corrected chi connectivity index (χ3v) is 7.57. The monoisotopic (exact) mass is 468 g/mol. The van der Waals surface area contributed by atoms with Crippen LogP contribution < -0.4 is 4.90 Å². The van der Waals surface area contributed by atoms with E-state index in [-0.39, 0.29) is 21.5 Å². The number of hydrogen-bond donors (Lipinski definition) is 2. The fraction of sp³-hybridized carbons (Fsp3) is 0.389. The smallest absolute Gasteiger partial charge is 0.211 e. The van der Waals surface area contributed by atoms with Gasteiger partial charge in [0.25, 0.3) is 0 Å². The second-order valence-electron chi connectivity index (χ2n) is 7.76. The van der Waals surface area contributed by atoms with E-state index < -0.39 is 10.0 Å². The molecular formula is C18H18Cl2N6O3S. The van der Waals surface area contributed by atoms with Gasteiger partial charge in [-0.2, -0.15) is 9.40 Å². The van der Waals surface area contributed by atoms with Crippen LogP contribution in [0, 0.1) is 0 Å². The number of piperazine rings is 1. The van der Waals surface area contributed by atoms with Crippen LogP contribution in [0.25, 0.3) is 22.3 Å². The summed E-state index contributed by atoms with van der Waals surface area (Å²) in [7, 11) is -3.21. The highest BCUT2D eigenvalue weighted by Gasteiger charge is 2.53. The van der Waals surface area contributed by atoms with Crippen molar-refractivity contribution in [2.24, 2.45) is 0 Å². The Labute approximate surface area is 182 Å². The third-order valence-electron chi connectivity index (χ3n) is 5.77. The largest absolute Gasteiger partial charge is 0.504 e. The van der Waals surface area contributed by atoms with E-state index in [2.05, 4.69) is 25.1 Å². The van der Waals surface area contributed by atoms with E-state index in [1.54, 1.807) is 10.5 Å². The molecule has 30 heavy (non-hydrogen) atoms. The predicted molar refractivity (Wildman–Crippen MR) is 115 cm³/mol. The molecule has 3 aromatic rings. The molecule has 0 aromatic carbocycles. The summed E-state index contributed by atoms with van der Waals surface area (Å²) in [5.41, 5.74) is 1.52. The highest BCUT2D eigenvalue weighted by molar-refractivity contribution is 7.88. The number of aromatic amines is 1. The molecule has 0 amide bonds. The first kappa shape index (κ1) is 19.8. The third kappa shape index (κ3) is 3.18. The van der Waals surface area contributed by atoms with Gasteiger partial charge >= 0.3 is 0 Å². The first-order valence-electron chi connectivity index (χ1n) is 9.30. The standard InChI is InChI=1S/C18H18Cl2N6O3S/c1-30(28,29)25-4-5-26(18(9-25)2-3-18)14-7-12-10(8-21-14)15(24-23-12)13-6-11(19)16(27)17(20)22-13/h6-8,27H,2-5,9H2,1H3,(H,23,24). The van der Waals surface area contributed by atoms with Crippen molar-refractivity contribution in [1.82, 2.24) is 24.5 Å². The van der Waals surface area contributed by atoms with Crippen molar-refractivity contribution in [3.63, 3.8) is 0 Å². The molecule has 2 fully saturated rings. The quantitative estimate of drug-likeness (QED) is 0.567. The van der Waals surface area contributed by atoms with Gasteiger partial charge in [-0.15, -0.1) is 0 Å². The summed E-state index contributed by atoms with van der Waals surface area (Å²) in [5, 5.41) is 17.8. The van der Waals surface area contributed by atoms with E-state index in [4.69, 9.17) is 23.2 Å². The van der Waals surface area contributed by atoms with Crippen LogP contribution in [0.5, 0.6) is 5.75 Å². The number of aromatic hydroxyl groups is 1. The molecule has 1 aliphatic heterocycles. The minimum atomic E-state index is -3.21. The summed E-state index contributed by atoms with van der Waals surface area (Å²) in [6.45, 7) is 1.49. The Balaban J connectivity index is 1.49. The second-order valence-corrected chi connectivity index (χ2v) is 10.5. The number of nitrogens with zero attached hydrogens (tertiary/aromatic N) is 5. The molecule has 4 heterocycles. The zero-order valence-corrected chi connectivity index (χ0v) is 18.3. The fourth-order valence-electron chi connectivity index (χ4n) is 4.00. The Kier molecular flexibility index (Phi) is 4.41. The van der Waals surface area contributed by atoms with E-state index in [1.807, 2.05) is 6.07 Å². The Morgan fingerprint density at radius 3 is 2.67 bits per heavy atom. The molecule has 0 unspecified atom stereocenters. The number of anilines is 1. The van der Waals surface area contributed by atoms with Crippen molar-refractivity contribution in [2.45, 2.75) is 18.4 Å². The zero-order valence-electron chi connectivity index (χ0n) is 15.9. The van der Waals surface area contributed by atoms with Crippen LogP contribution in [-0.2, 0) is 10.0 Å². The van der Waals surface area contributed by atoms with Crippen LogP contribution in [0.1, 0.15) is 12.8 Å². The summed E-state index contributed by atoms with van der Waals surface area (Å²) in [5.74, 6) is 0.503. The Hall–Kier alpha value is -2.14. The number of nitrogens with one attached hydrogen (secondary N) is 1. The SMILES string of the molecule is CS(=O)(=O)N1CCN(c2cc3[nH]nc(-c4cc(Cl)c(O)c(Cl)n4)c3cn2)C2(CC2)C1. The number of sulfonamides is 1. The summed E-state index contributed by atoms with van der Waals surface area (Å²) in [6.07, 6.45) is 4.83. The minimum absolute atomic E-state index is 0.0881. The van der Waals surface area contributed by atoms with Gasteiger partial charge in [-0.1, -0.05) is 23.2 Å². The number of hydrogen-bond acceptors (Lipinski definition) is 7. The molecule has 0 bridgehead atoms. The van der Waals surface area contributed by atoms with Crippen molar-refractivity contribution in [1.29, 1.82) is 0 Å². The average molecular weight is 469 g/mol. The topological polar surface area (TPSA) is 115 Å². The van der Waals surface area contributed by atoms with Crippen molar-refractivity contribution in [2.75, 3.05) is 30.8 Å². The van der Waals surface area contributed by atoms with Gasteiger partial charge in [0.05, 0.1) is 28.0 Å². The summed E-state index contributed by atoms with van der Waals surface area (Å²) in [6, 6.07) is 3.40. The lowest BCUT2D eigenvalue weighted by atomic mass is 10.1. The van der Waals surface area contributed by atoms with E-state index >= 15 is 0 Å². The van der Waals surface area contributed by atoms with Gasteiger partial charge < -0.3 is 10.0 Å². The maximum atomic E-state index is 12.0. The lowest BCUT2D eigenvalue weighted by Crippen LogP contribution is -2.56. The molecule has 1 saturated carbocycles. The van der Waals surface area contributed by atoms with Gasteiger partial charge in [0.15, 0.2) is 10.9 Å². The molecule has 2 aliphatic rings. The van der Waals surface area contributed by atoms with E-state index in [0.717, 1.165) is 29.6 Å². The molecule has 3 aromatic heterocycles. The van der Waals surface area contributed by atoms with Crippen molar-refractivity contribution in [3.8, 4) is 17.1 Å². The minimum Gasteiger partial charge on any atom is -0.504 e. The van der Waals surface area contributed by atoms with Crippen LogP contribution in [0.15, 0.2) is 18.3 Å². The van der Waals surface area contributed by atoms with Crippen LogP contribution in [0.2, 0.25) is 10.2 Å². The second kappa shape index (κ2) is 6.68. The molecule has 2 N–H and O–H groups in total. The van der Waals surface area contributed by atoms with Crippen molar-refractivity contribution < 1.29 is 13.5 Å². The molecule has 1 saturated heterocycles. The summed E-state index contributed by atoms with van der Waals surface area (Å²) < 4.78 is 25.5. The zero-order chi connectivity index (χ0) is 21.3. The normalized spacial score (nSPS) is 19.0. The first-order chi connectivity index (χ1) is 14.2. The molecule has 0 radical (unpaired) electrons. The van der Waals surface area contributed by atoms with Gasteiger partial charge in [0.1, 0.15) is 11.5 Å². The number of H-pyrrole nitrogens is 1. The number of pyridine rings is 2. The fourth-order valence-corrected chi connectivity index (χ4v) is 5.32. The Morgan fingerprint density at radius 1 is 1.23 bits per heavy atom. The van der Waals surface area contributed by atoms with Crippen molar-refractivity contribution >= 4 is 49.9 Å². The van der Waals surface area contributed by atoms with Crippen LogP contribution in [0.4, 0.5) is 5.82 Å². The molecule has 9 nitrogen and oxygen atoms in total. The predicted octanol–water partition coefficient (Wildman–Crippen LogP) is 2.65. The molecule has 5 rings (SSSR count). The lowest BCUT2D eigenvalue weighted by molar-refractivity contribution is 0.321. The molecular weight excluding hydrogens is 451 g/mol. The summed E-state index contributed by atoms with van der Waals surface area (Å²) in [4.78, 5) is 11.0. The summed E-state index contributed by atoms with van der Waals surface area (Å²) >= 11 is 12.0. The van der Waals surface area contributed by atoms with Gasteiger partial charge in [0, 0.05) is 37.3 Å². The van der Waals surface area contributed by atoms with Gasteiger partial charge in [-0.05, 0) is 18.9 Å². The van der Waals surface area contributed by atoms with Crippen LogP contribution in [-0.4, -0.2) is 69.4 Å². The van der Waals surface area contributed by atoms with Crippen LogP contribution in [0.3, 0.4) is 0 Å². The Morgan fingerprint density at radius 2 is 2.00 bits per heavy atom. The van der Waals surface area contributed by atoms with E-state index in [9.17, 15) is 13.5 Å². The van der Waals surface area contributed by atoms with Crippen molar-refractivity contribution in [3.05, 3.63) is 28.5 Å². The molecule has 1 aliphatic carbocycles. The Bertz CT molecular complexity index is 1250. The molecule has 12 heteroatoms. The van der Waals surface area contributed by atoms with Gasteiger partial charge in [-0.3, -0.25) is 5.10 Å². The van der Waals surface area contributed by atoms with E-state index in [1.165, 1.54) is 12.3 Å².